The third-order valence-corrected chi connectivity index (χ3v) is 2.79. The first-order chi connectivity index (χ1) is 8.08. The zero-order valence-corrected chi connectivity index (χ0v) is 10.2. The Bertz CT molecular complexity index is 538. The Morgan fingerprint density at radius 2 is 1.88 bits per heavy atom. The van der Waals surface area contributed by atoms with Gasteiger partial charge in [0.05, 0.1) is 22.1 Å². The number of nitrogens with one attached hydrogen (secondary N) is 1. The minimum absolute atomic E-state index is 0.272. The Labute approximate surface area is 108 Å². The Morgan fingerprint density at radius 1 is 1.12 bits per heavy atom. The van der Waals surface area contributed by atoms with Crippen LogP contribution in [0.1, 0.15) is 0 Å². The molecule has 0 spiro atoms. The summed E-state index contributed by atoms with van der Waals surface area (Å²) >= 11 is 11.6. The minimum Gasteiger partial charge on any atom is -0.397 e. The maximum absolute atomic E-state index is 13.6. The number of hydrogen-bond donors (Lipinski definition) is 2. The number of anilines is 3. The van der Waals surface area contributed by atoms with Crippen LogP contribution in [0.3, 0.4) is 0 Å². The molecule has 0 unspecified atom stereocenters. The van der Waals surface area contributed by atoms with Gasteiger partial charge in [-0.3, -0.25) is 0 Å². The molecule has 0 aliphatic heterocycles. The standard InChI is InChI=1S/C12H9Cl2FN2/c13-7-4-5-11(9(15)6-7)17-12-8(14)2-1-3-10(12)16/h1-6,17H,16H2. The van der Waals surface area contributed by atoms with Gasteiger partial charge >= 0.3 is 0 Å². The van der Waals surface area contributed by atoms with Crippen molar-refractivity contribution in [2.45, 2.75) is 0 Å². The highest BCUT2D eigenvalue weighted by Gasteiger charge is 2.08. The zero-order chi connectivity index (χ0) is 12.4. The molecule has 0 fully saturated rings. The molecule has 2 aromatic carbocycles. The van der Waals surface area contributed by atoms with E-state index in [1.165, 1.54) is 12.1 Å². The third kappa shape index (κ3) is 2.62. The summed E-state index contributed by atoms with van der Waals surface area (Å²) in [5.74, 6) is -0.461. The molecule has 2 aromatic rings. The summed E-state index contributed by atoms with van der Waals surface area (Å²) in [6, 6.07) is 9.41. The number of nitrogens with two attached hydrogens (primary N) is 1. The third-order valence-electron chi connectivity index (χ3n) is 2.24. The molecule has 0 radical (unpaired) electrons. The molecule has 5 heteroatoms. The normalized spacial score (nSPS) is 10.3. The average Bonchev–Trinajstić information content (AvgIpc) is 2.26. The van der Waals surface area contributed by atoms with E-state index >= 15 is 0 Å². The van der Waals surface area contributed by atoms with Crippen molar-refractivity contribution in [3.8, 4) is 0 Å². The summed E-state index contributed by atoms with van der Waals surface area (Å²) in [7, 11) is 0. The summed E-state index contributed by atoms with van der Waals surface area (Å²) in [4.78, 5) is 0. The fourth-order valence-corrected chi connectivity index (χ4v) is 1.79. The number of hydrogen-bond acceptors (Lipinski definition) is 2. The van der Waals surface area contributed by atoms with Crippen LogP contribution in [0.5, 0.6) is 0 Å². The van der Waals surface area contributed by atoms with Gasteiger partial charge in [0.25, 0.3) is 0 Å². The Balaban J connectivity index is 2.38. The van der Waals surface area contributed by atoms with Crippen LogP contribution in [-0.4, -0.2) is 0 Å². The van der Waals surface area contributed by atoms with E-state index in [0.29, 0.717) is 21.4 Å². The van der Waals surface area contributed by atoms with Crippen molar-refractivity contribution in [1.29, 1.82) is 0 Å². The Morgan fingerprint density at radius 3 is 2.53 bits per heavy atom. The topological polar surface area (TPSA) is 38.0 Å². The van der Waals surface area contributed by atoms with Gasteiger partial charge in [0.1, 0.15) is 5.82 Å². The molecule has 3 N–H and O–H groups in total. The first kappa shape index (κ1) is 12.0. The van der Waals surface area contributed by atoms with Crippen molar-refractivity contribution in [3.05, 3.63) is 52.3 Å². The quantitative estimate of drug-likeness (QED) is 0.791. The molecular formula is C12H9Cl2FN2. The van der Waals surface area contributed by atoms with Crippen LogP contribution < -0.4 is 11.1 Å². The summed E-state index contributed by atoms with van der Waals surface area (Å²) < 4.78 is 13.6. The number of benzene rings is 2. The second kappa shape index (κ2) is 4.82. The molecule has 0 atom stereocenters. The molecular weight excluding hydrogens is 262 g/mol. The van der Waals surface area contributed by atoms with Crippen molar-refractivity contribution in [1.82, 2.24) is 0 Å². The van der Waals surface area contributed by atoms with Gasteiger partial charge in [0.2, 0.25) is 0 Å². The number of para-hydroxylation sites is 1. The number of nitrogen functional groups attached to an aromatic ring is 1. The summed E-state index contributed by atoms with van der Waals surface area (Å²) in [5, 5.41) is 3.61. The molecule has 17 heavy (non-hydrogen) atoms. The van der Waals surface area contributed by atoms with Crippen molar-refractivity contribution in [2.75, 3.05) is 11.1 Å². The molecule has 0 saturated heterocycles. The predicted molar refractivity (Wildman–Crippen MR) is 70.6 cm³/mol. The van der Waals surface area contributed by atoms with Gasteiger partial charge in [-0.1, -0.05) is 29.3 Å². The van der Waals surface area contributed by atoms with E-state index in [0.717, 1.165) is 0 Å². The molecule has 0 aromatic heterocycles. The van der Waals surface area contributed by atoms with Gasteiger partial charge in [-0.25, -0.2) is 4.39 Å². The summed E-state index contributed by atoms with van der Waals surface area (Å²) in [5.41, 5.74) is 6.96. The van der Waals surface area contributed by atoms with Gasteiger partial charge < -0.3 is 11.1 Å². The summed E-state index contributed by atoms with van der Waals surface area (Å²) in [6.07, 6.45) is 0. The van der Waals surface area contributed by atoms with Gasteiger partial charge in [-0.2, -0.15) is 0 Å². The van der Waals surface area contributed by atoms with Crippen molar-refractivity contribution >= 4 is 40.3 Å². The second-order valence-electron chi connectivity index (χ2n) is 3.45. The zero-order valence-electron chi connectivity index (χ0n) is 8.68. The summed E-state index contributed by atoms with van der Waals surface area (Å²) in [6.45, 7) is 0. The first-order valence-electron chi connectivity index (χ1n) is 4.84. The minimum atomic E-state index is -0.461. The molecule has 88 valence electrons. The predicted octanol–water partition coefficient (Wildman–Crippen LogP) is 4.46. The van der Waals surface area contributed by atoms with Gasteiger partial charge in [-0.05, 0) is 30.3 Å². The number of halogens is 3. The van der Waals surface area contributed by atoms with E-state index in [1.54, 1.807) is 24.3 Å². The fourth-order valence-electron chi connectivity index (χ4n) is 1.40. The van der Waals surface area contributed by atoms with E-state index in [1.807, 2.05) is 0 Å². The highest BCUT2D eigenvalue weighted by molar-refractivity contribution is 6.34. The fraction of sp³-hybridized carbons (Fsp3) is 0. The van der Waals surface area contributed by atoms with Crippen molar-refractivity contribution in [2.24, 2.45) is 0 Å². The van der Waals surface area contributed by atoms with E-state index in [9.17, 15) is 4.39 Å². The van der Waals surface area contributed by atoms with E-state index in [2.05, 4.69) is 5.32 Å². The molecule has 0 heterocycles. The SMILES string of the molecule is Nc1cccc(Cl)c1Nc1ccc(Cl)cc1F. The first-order valence-corrected chi connectivity index (χ1v) is 5.59. The Kier molecular flexibility index (Phi) is 3.41. The Hall–Kier alpha value is -1.45. The lowest BCUT2D eigenvalue weighted by Crippen LogP contribution is -1.98. The van der Waals surface area contributed by atoms with Crippen LogP contribution in [0.25, 0.3) is 0 Å². The van der Waals surface area contributed by atoms with Gasteiger partial charge in [0, 0.05) is 5.02 Å². The molecule has 0 amide bonds. The highest BCUT2D eigenvalue weighted by atomic mass is 35.5. The van der Waals surface area contributed by atoms with Crippen LogP contribution in [0.2, 0.25) is 10.0 Å². The molecule has 2 rings (SSSR count). The van der Waals surface area contributed by atoms with Crippen LogP contribution in [0, 0.1) is 5.82 Å². The van der Waals surface area contributed by atoms with E-state index in [-0.39, 0.29) is 5.69 Å². The maximum atomic E-state index is 13.6. The van der Waals surface area contributed by atoms with E-state index < -0.39 is 5.82 Å². The van der Waals surface area contributed by atoms with Crippen LogP contribution in [0.4, 0.5) is 21.5 Å². The molecule has 0 aliphatic carbocycles. The number of rotatable bonds is 2. The second-order valence-corrected chi connectivity index (χ2v) is 4.30. The van der Waals surface area contributed by atoms with Crippen molar-refractivity contribution in [3.63, 3.8) is 0 Å². The lowest BCUT2D eigenvalue weighted by atomic mass is 10.2. The largest absolute Gasteiger partial charge is 0.397 e. The van der Waals surface area contributed by atoms with Crippen LogP contribution in [0.15, 0.2) is 36.4 Å². The maximum Gasteiger partial charge on any atom is 0.148 e. The lowest BCUT2D eigenvalue weighted by molar-refractivity contribution is 0.632. The average molecular weight is 271 g/mol. The molecule has 2 nitrogen and oxygen atoms in total. The van der Waals surface area contributed by atoms with Gasteiger partial charge in [-0.15, -0.1) is 0 Å². The molecule has 0 bridgehead atoms. The molecule has 0 saturated carbocycles. The molecule has 0 aliphatic rings. The van der Waals surface area contributed by atoms with Crippen LogP contribution in [-0.2, 0) is 0 Å². The monoisotopic (exact) mass is 270 g/mol. The van der Waals surface area contributed by atoms with Crippen molar-refractivity contribution < 1.29 is 4.39 Å². The van der Waals surface area contributed by atoms with Crippen LogP contribution >= 0.6 is 23.2 Å². The van der Waals surface area contributed by atoms with E-state index in [4.69, 9.17) is 28.9 Å². The van der Waals surface area contributed by atoms with Gasteiger partial charge in [0.15, 0.2) is 0 Å². The highest BCUT2D eigenvalue weighted by Crippen LogP contribution is 2.32. The smallest absolute Gasteiger partial charge is 0.148 e. The lowest BCUT2D eigenvalue weighted by Gasteiger charge is -2.11.